The standard InChI is InChI=1S/C37H41NO5/c1-28-36(42-26-31-13-7-3-8-14-31)37(43-27-32-15-9-4-10-16-32)35(41-25-30-11-5-2-6-12-30)24-38(28)20-19-29-17-18-33-34(23-29)40-22-21-39-33/h2-18,23,28,35-37H,19-22,24-27H2,1H3/t28-,35+,36-,37-/m1/s1. The molecule has 1 saturated heterocycles. The lowest BCUT2D eigenvalue weighted by atomic mass is 9.93. The molecule has 2 aliphatic rings. The van der Waals surface area contributed by atoms with Crippen LogP contribution in [0.3, 0.4) is 0 Å². The fourth-order valence-corrected chi connectivity index (χ4v) is 5.90. The number of piperidine rings is 1. The number of ether oxygens (including phenoxy) is 5. The van der Waals surface area contributed by atoms with Crippen LogP contribution in [-0.4, -0.2) is 55.6 Å². The molecule has 4 aromatic rings. The number of nitrogens with zero attached hydrogens (tertiary/aromatic N) is 1. The fourth-order valence-electron chi connectivity index (χ4n) is 5.90. The molecule has 0 N–H and O–H groups in total. The first kappa shape index (κ1) is 29.4. The van der Waals surface area contributed by atoms with Crippen LogP contribution >= 0.6 is 0 Å². The van der Waals surface area contributed by atoms with Crippen molar-refractivity contribution >= 4 is 0 Å². The van der Waals surface area contributed by atoms with Crippen LogP contribution in [0.1, 0.15) is 29.2 Å². The zero-order chi connectivity index (χ0) is 29.3. The lowest BCUT2D eigenvalue weighted by Crippen LogP contribution is -2.62. The minimum Gasteiger partial charge on any atom is -0.486 e. The summed E-state index contributed by atoms with van der Waals surface area (Å²) in [5.74, 6) is 1.65. The van der Waals surface area contributed by atoms with E-state index in [9.17, 15) is 0 Å². The van der Waals surface area contributed by atoms with Crippen molar-refractivity contribution in [1.29, 1.82) is 0 Å². The molecule has 0 radical (unpaired) electrons. The van der Waals surface area contributed by atoms with Gasteiger partial charge in [-0.1, -0.05) is 97.1 Å². The summed E-state index contributed by atoms with van der Waals surface area (Å²) in [5.41, 5.74) is 4.65. The Hall–Kier alpha value is -3.68. The number of fused-ring (bicyclic) bond motifs is 1. The number of benzene rings is 4. The molecule has 0 aromatic heterocycles. The third kappa shape index (κ3) is 7.84. The van der Waals surface area contributed by atoms with Crippen molar-refractivity contribution in [1.82, 2.24) is 4.90 Å². The van der Waals surface area contributed by atoms with Gasteiger partial charge in [-0.3, -0.25) is 4.90 Å². The highest BCUT2D eigenvalue weighted by Gasteiger charge is 2.44. The zero-order valence-electron chi connectivity index (χ0n) is 24.8. The number of hydrogen-bond acceptors (Lipinski definition) is 6. The van der Waals surface area contributed by atoms with E-state index >= 15 is 0 Å². The second-order valence-electron chi connectivity index (χ2n) is 11.3. The quantitative estimate of drug-likeness (QED) is 0.192. The van der Waals surface area contributed by atoms with Gasteiger partial charge in [0.05, 0.1) is 25.9 Å². The lowest BCUT2D eigenvalue weighted by Gasteiger charge is -2.47. The first-order valence-electron chi connectivity index (χ1n) is 15.3. The van der Waals surface area contributed by atoms with Gasteiger partial charge in [0.15, 0.2) is 11.5 Å². The molecule has 0 aliphatic carbocycles. The van der Waals surface area contributed by atoms with E-state index in [1.807, 2.05) is 24.3 Å². The van der Waals surface area contributed by atoms with E-state index in [2.05, 4.69) is 96.8 Å². The van der Waals surface area contributed by atoms with Gasteiger partial charge in [-0.2, -0.15) is 0 Å². The first-order valence-corrected chi connectivity index (χ1v) is 15.3. The number of rotatable bonds is 12. The summed E-state index contributed by atoms with van der Waals surface area (Å²) in [6.45, 7) is 6.60. The molecule has 6 rings (SSSR count). The molecule has 2 heterocycles. The maximum absolute atomic E-state index is 6.74. The topological polar surface area (TPSA) is 49.4 Å². The summed E-state index contributed by atoms with van der Waals surface area (Å²) in [6, 6.07) is 37.4. The third-order valence-electron chi connectivity index (χ3n) is 8.33. The molecular formula is C37H41NO5. The van der Waals surface area contributed by atoms with Crippen LogP contribution in [-0.2, 0) is 40.5 Å². The number of likely N-dealkylation sites (tertiary alicyclic amines) is 1. The third-order valence-corrected chi connectivity index (χ3v) is 8.33. The van der Waals surface area contributed by atoms with Gasteiger partial charge in [0.25, 0.3) is 0 Å². The van der Waals surface area contributed by atoms with Crippen molar-refractivity contribution < 1.29 is 23.7 Å². The Morgan fingerprint density at radius 3 is 1.74 bits per heavy atom. The molecule has 0 spiro atoms. The van der Waals surface area contributed by atoms with E-state index in [-0.39, 0.29) is 24.4 Å². The minimum atomic E-state index is -0.229. The highest BCUT2D eigenvalue weighted by molar-refractivity contribution is 5.43. The lowest BCUT2D eigenvalue weighted by molar-refractivity contribution is -0.200. The molecular weight excluding hydrogens is 538 g/mol. The van der Waals surface area contributed by atoms with Gasteiger partial charge in [-0.25, -0.2) is 0 Å². The second-order valence-corrected chi connectivity index (χ2v) is 11.3. The Bertz CT molecular complexity index is 1400. The SMILES string of the molecule is C[C@@H]1[C@@H](OCc2ccccc2)[C@H](OCc2ccccc2)[C@@H](OCc2ccccc2)CN1CCc1ccc2c(c1)OCCO2. The first-order chi connectivity index (χ1) is 21.2. The van der Waals surface area contributed by atoms with Crippen molar-refractivity contribution in [3.05, 3.63) is 131 Å². The van der Waals surface area contributed by atoms with Gasteiger partial charge in [-0.05, 0) is 47.7 Å². The van der Waals surface area contributed by atoms with Gasteiger partial charge in [0, 0.05) is 19.1 Å². The highest BCUT2D eigenvalue weighted by Crippen LogP contribution is 2.32. The van der Waals surface area contributed by atoms with Crippen molar-refractivity contribution in [2.45, 2.75) is 57.5 Å². The Morgan fingerprint density at radius 2 is 1.14 bits per heavy atom. The molecule has 6 nitrogen and oxygen atoms in total. The summed E-state index contributed by atoms with van der Waals surface area (Å²) in [5, 5.41) is 0. The van der Waals surface area contributed by atoms with Crippen molar-refractivity contribution in [3.8, 4) is 11.5 Å². The molecule has 4 atom stereocenters. The van der Waals surface area contributed by atoms with E-state index in [0.29, 0.717) is 33.0 Å². The highest BCUT2D eigenvalue weighted by atomic mass is 16.6. The van der Waals surface area contributed by atoms with Crippen molar-refractivity contribution in [2.24, 2.45) is 0 Å². The Kier molecular flexibility index (Phi) is 10.0. The molecule has 43 heavy (non-hydrogen) atoms. The van der Waals surface area contributed by atoms with Crippen LogP contribution < -0.4 is 9.47 Å². The average Bonchev–Trinajstić information content (AvgIpc) is 3.07. The monoisotopic (exact) mass is 579 g/mol. The Labute approximate surface area is 255 Å². The molecule has 0 unspecified atom stereocenters. The summed E-state index contributed by atoms with van der Waals surface area (Å²) in [4.78, 5) is 2.49. The minimum absolute atomic E-state index is 0.123. The average molecular weight is 580 g/mol. The normalized spacial score (nSPS) is 21.9. The summed E-state index contributed by atoms with van der Waals surface area (Å²) in [7, 11) is 0. The molecule has 1 fully saturated rings. The van der Waals surface area contributed by atoms with Crippen molar-refractivity contribution in [2.75, 3.05) is 26.3 Å². The predicted octanol–water partition coefficient (Wildman–Crippen LogP) is 6.46. The van der Waals surface area contributed by atoms with Crippen LogP contribution in [0.25, 0.3) is 0 Å². The van der Waals surface area contributed by atoms with Gasteiger partial charge in [0.1, 0.15) is 25.4 Å². The smallest absolute Gasteiger partial charge is 0.161 e. The molecule has 2 aliphatic heterocycles. The molecule has 0 saturated carbocycles. The Balaban J connectivity index is 1.22. The van der Waals surface area contributed by atoms with E-state index in [1.54, 1.807) is 0 Å². The van der Waals surface area contributed by atoms with Gasteiger partial charge >= 0.3 is 0 Å². The van der Waals surface area contributed by atoms with Gasteiger partial charge in [0.2, 0.25) is 0 Å². The largest absolute Gasteiger partial charge is 0.486 e. The number of hydrogen-bond donors (Lipinski definition) is 0. The maximum atomic E-state index is 6.74. The molecule has 0 amide bonds. The van der Waals surface area contributed by atoms with E-state index < -0.39 is 0 Å². The van der Waals surface area contributed by atoms with E-state index in [0.717, 1.165) is 47.7 Å². The van der Waals surface area contributed by atoms with Crippen LogP contribution in [0, 0.1) is 0 Å². The predicted molar refractivity (Wildman–Crippen MR) is 167 cm³/mol. The van der Waals surface area contributed by atoms with Crippen LogP contribution in [0.15, 0.2) is 109 Å². The summed E-state index contributed by atoms with van der Waals surface area (Å²) in [6.07, 6.45) is 0.306. The van der Waals surface area contributed by atoms with Crippen LogP contribution in [0.4, 0.5) is 0 Å². The molecule has 0 bridgehead atoms. The molecule has 224 valence electrons. The zero-order valence-corrected chi connectivity index (χ0v) is 24.8. The van der Waals surface area contributed by atoms with Crippen LogP contribution in [0.2, 0.25) is 0 Å². The molecule has 4 aromatic carbocycles. The van der Waals surface area contributed by atoms with E-state index in [4.69, 9.17) is 23.7 Å². The summed E-state index contributed by atoms with van der Waals surface area (Å²) < 4.78 is 31.7. The fraction of sp³-hybridized carbons (Fsp3) is 0.351. The van der Waals surface area contributed by atoms with Crippen molar-refractivity contribution in [3.63, 3.8) is 0 Å². The Morgan fingerprint density at radius 1 is 0.605 bits per heavy atom. The summed E-state index contributed by atoms with van der Waals surface area (Å²) >= 11 is 0. The van der Waals surface area contributed by atoms with Gasteiger partial charge in [-0.15, -0.1) is 0 Å². The molecule has 6 heteroatoms. The van der Waals surface area contributed by atoms with Crippen LogP contribution in [0.5, 0.6) is 11.5 Å². The van der Waals surface area contributed by atoms with E-state index in [1.165, 1.54) is 5.56 Å². The maximum Gasteiger partial charge on any atom is 0.161 e. The second kappa shape index (κ2) is 14.7. The van der Waals surface area contributed by atoms with Gasteiger partial charge < -0.3 is 23.7 Å².